The lowest BCUT2D eigenvalue weighted by molar-refractivity contribution is -0.126. The number of hydrogen-bond acceptors (Lipinski definition) is 3. The van der Waals surface area contributed by atoms with Crippen molar-refractivity contribution in [3.05, 3.63) is 94.3 Å². The van der Waals surface area contributed by atoms with Gasteiger partial charge in [-0.3, -0.25) is 14.3 Å². The summed E-state index contributed by atoms with van der Waals surface area (Å²) < 4.78 is 1.94. The number of carbonyl (C=O) groups excluding carboxylic acids is 2. The molecule has 32 heavy (non-hydrogen) atoms. The predicted molar refractivity (Wildman–Crippen MR) is 127 cm³/mol. The zero-order chi connectivity index (χ0) is 23.1. The fraction of sp³-hybridized carbons (Fsp3) is 0.269. The first-order valence-corrected chi connectivity index (χ1v) is 10.7. The molecule has 0 aliphatic carbocycles. The molecule has 0 fully saturated rings. The van der Waals surface area contributed by atoms with Crippen LogP contribution in [-0.4, -0.2) is 27.6 Å². The second kappa shape index (κ2) is 10.6. The Morgan fingerprint density at radius 1 is 1.00 bits per heavy atom. The Balaban J connectivity index is 1.56. The summed E-state index contributed by atoms with van der Waals surface area (Å²) in [5, 5.41) is 10.2. The summed E-state index contributed by atoms with van der Waals surface area (Å²) in [5.41, 5.74) is 6.15. The molecule has 166 valence electrons. The molecule has 3 aromatic rings. The molecule has 2 amide bonds. The second-order valence-corrected chi connectivity index (χ2v) is 7.99. The van der Waals surface area contributed by atoms with Gasteiger partial charge in [0.25, 0.3) is 0 Å². The largest absolute Gasteiger partial charge is 0.350 e. The van der Waals surface area contributed by atoms with Gasteiger partial charge in [0.05, 0.1) is 12.2 Å². The average molecular weight is 431 g/mol. The van der Waals surface area contributed by atoms with Crippen molar-refractivity contribution in [1.82, 2.24) is 20.4 Å². The molecule has 0 saturated carbocycles. The van der Waals surface area contributed by atoms with Gasteiger partial charge in [0.15, 0.2) is 0 Å². The highest BCUT2D eigenvalue weighted by molar-refractivity contribution is 5.95. The van der Waals surface area contributed by atoms with Gasteiger partial charge in [0.2, 0.25) is 11.8 Å². The molecule has 6 nitrogen and oxygen atoms in total. The summed E-state index contributed by atoms with van der Waals surface area (Å²) in [4.78, 5) is 24.6. The molecule has 3 rings (SSSR count). The SMILES string of the molecule is Cc1ccc(Cn2nc(C)c(/C=C/C(=O)NC(C)C(=O)NCc3ccccc3)c2C)cc1. The molecule has 1 unspecified atom stereocenters. The van der Waals surface area contributed by atoms with Gasteiger partial charge in [0.1, 0.15) is 6.04 Å². The van der Waals surface area contributed by atoms with Crippen molar-refractivity contribution in [3.8, 4) is 0 Å². The fourth-order valence-corrected chi connectivity index (χ4v) is 3.40. The molecule has 0 spiro atoms. The Morgan fingerprint density at radius 2 is 1.69 bits per heavy atom. The summed E-state index contributed by atoms with van der Waals surface area (Å²) >= 11 is 0. The van der Waals surface area contributed by atoms with Gasteiger partial charge < -0.3 is 10.6 Å². The highest BCUT2D eigenvalue weighted by Crippen LogP contribution is 2.16. The molecule has 1 atom stereocenters. The molecule has 1 aromatic heterocycles. The molecular weight excluding hydrogens is 400 g/mol. The zero-order valence-corrected chi connectivity index (χ0v) is 19.1. The van der Waals surface area contributed by atoms with E-state index in [1.807, 2.05) is 48.9 Å². The monoisotopic (exact) mass is 430 g/mol. The Bertz CT molecular complexity index is 1100. The van der Waals surface area contributed by atoms with Crippen molar-refractivity contribution >= 4 is 17.9 Å². The van der Waals surface area contributed by atoms with Crippen LogP contribution in [0.25, 0.3) is 6.08 Å². The first kappa shape index (κ1) is 23.0. The summed E-state index contributed by atoms with van der Waals surface area (Å²) in [6.45, 7) is 8.75. The number of amides is 2. The van der Waals surface area contributed by atoms with Crippen molar-refractivity contribution in [2.24, 2.45) is 0 Å². The van der Waals surface area contributed by atoms with E-state index in [1.54, 1.807) is 13.0 Å². The van der Waals surface area contributed by atoms with Crippen LogP contribution in [-0.2, 0) is 22.7 Å². The van der Waals surface area contributed by atoms with E-state index in [-0.39, 0.29) is 11.8 Å². The molecule has 0 radical (unpaired) electrons. The van der Waals surface area contributed by atoms with E-state index in [0.717, 1.165) is 22.5 Å². The lowest BCUT2D eigenvalue weighted by atomic mass is 10.1. The van der Waals surface area contributed by atoms with Gasteiger partial charge >= 0.3 is 0 Å². The smallest absolute Gasteiger partial charge is 0.244 e. The topological polar surface area (TPSA) is 76.0 Å². The van der Waals surface area contributed by atoms with E-state index in [2.05, 4.69) is 46.9 Å². The zero-order valence-electron chi connectivity index (χ0n) is 19.1. The van der Waals surface area contributed by atoms with Crippen molar-refractivity contribution in [1.29, 1.82) is 0 Å². The number of nitrogens with zero attached hydrogens (tertiary/aromatic N) is 2. The van der Waals surface area contributed by atoms with E-state index in [4.69, 9.17) is 0 Å². The number of aromatic nitrogens is 2. The summed E-state index contributed by atoms with van der Waals surface area (Å²) in [5.74, 6) is -0.550. The van der Waals surface area contributed by atoms with Gasteiger partial charge in [-0.2, -0.15) is 5.10 Å². The van der Waals surface area contributed by atoms with Crippen LogP contribution >= 0.6 is 0 Å². The van der Waals surface area contributed by atoms with Crippen molar-refractivity contribution in [2.75, 3.05) is 0 Å². The van der Waals surface area contributed by atoms with Crippen LogP contribution < -0.4 is 10.6 Å². The number of aryl methyl sites for hydroxylation is 2. The van der Waals surface area contributed by atoms with Crippen LogP contribution in [0, 0.1) is 20.8 Å². The Labute approximate surface area is 189 Å². The lowest BCUT2D eigenvalue weighted by Gasteiger charge is -2.13. The quantitative estimate of drug-likeness (QED) is 0.535. The van der Waals surface area contributed by atoms with E-state index < -0.39 is 6.04 Å². The summed E-state index contributed by atoms with van der Waals surface area (Å²) in [7, 11) is 0. The normalized spacial score (nSPS) is 12.0. The van der Waals surface area contributed by atoms with Crippen molar-refractivity contribution < 1.29 is 9.59 Å². The molecule has 0 saturated heterocycles. The number of carbonyl (C=O) groups is 2. The molecule has 1 heterocycles. The minimum Gasteiger partial charge on any atom is -0.350 e. The highest BCUT2D eigenvalue weighted by Gasteiger charge is 2.15. The van der Waals surface area contributed by atoms with Crippen LogP contribution in [0.5, 0.6) is 0 Å². The number of rotatable bonds is 8. The standard InChI is InChI=1S/C26H30N4O2/c1-18-10-12-23(13-11-18)17-30-21(4)24(19(2)29-30)14-15-25(31)28-20(3)26(32)27-16-22-8-6-5-7-9-22/h5-15,20H,16-17H2,1-4H3,(H,27,32)(H,28,31)/b15-14+. The molecule has 0 aliphatic rings. The van der Waals surface area contributed by atoms with Gasteiger partial charge in [-0.1, -0.05) is 60.2 Å². The lowest BCUT2D eigenvalue weighted by Crippen LogP contribution is -2.44. The molecule has 2 aromatic carbocycles. The Morgan fingerprint density at radius 3 is 2.38 bits per heavy atom. The third-order valence-electron chi connectivity index (χ3n) is 5.35. The molecule has 2 N–H and O–H groups in total. The third-order valence-corrected chi connectivity index (χ3v) is 5.35. The van der Waals surface area contributed by atoms with Crippen LogP contribution in [0.4, 0.5) is 0 Å². The third kappa shape index (κ3) is 6.17. The van der Waals surface area contributed by atoms with Crippen LogP contribution in [0.3, 0.4) is 0 Å². The van der Waals surface area contributed by atoms with Gasteiger partial charge in [0, 0.05) is 23.9 Å². The second-order valence-electron chi connectivity index (χ2n) is 7.99. The first-order valence-electron chi connectivity index (χ1n) is 10.7. The van der Waals surface area contributed by atoms with Crippen molar-refractivity contribution in [3.63, 3.8) is 0 Å². The van der Waals surface area contributed by atoms with Gasteiger partial charge in [-0.15, -0.1) is 0 Å². The Hall–Kier alpha value is -3.67. The Kier molecular flexibility index (Phi) is 7.60. The minimum absolute atomic E-state index is 0.228. The molecule has 0 bridgehead atoms. The molecule has 0 aliphatic heterocycles. The van der Waals surface area contributed by atoms with Crippen molar-refractivity contribution in [2.45, 2.75) is 46.8 Å². The van der Waals surface area contributed by atoms with Gasteiger partial charge in [-0.25, -0.2) is 0 Å². The fourth-order valence-electron chi connectivity index (χ4n) is 3.40. The van der Waals surface area contributed by atoms with E-state index in [9.17, 15) is 9.59 Å². The first-order chi connectivity index (χ1) is 15.3. The molecule has 6 heteroatoms. The summed E-state index contributed by atoms with van der Waals surface area (Å²) in [6, 6.07) is 17.4. The predicted octanol–water partition coefficient (Wildman–Crippen LogP) is 3.69. The maximum Gasteiger partial charge on any atom is 0.244 e. The number of nitrogens with one attached hydrogen (secondary N) is 2. The molecular formula is C26H30N4O2. The van der Waals surface area contributed by atoms with Gasteiger partial charge in [-0.05, 0) is 44.9 Å². The number of hydrogen-bond donors (Lipinski definition) is 2. The summed E-state index contributed by atoms with van der Waals surface area (Å²) in [6.07, 6.45) is 3.21. The van der Waals surface area contributed by atoms with Crippen LogP contribution in [0.15, 0.2) is 60.7 Å². The van der Waals surface area contributed by atoms with E-state index >= 15 is 0 Å². The minimum atomic E-state index is -0.637. The highest BCUT2D eigenvalue weighted by atomic mass is 16.2. The maximum atomic E-state index is 12.4. The van der Waals surface area contributed by atoms with E-state index in [1.165, 1.54) is 17.2 Å². The number of benzene rings is 2. The maximum absolute atomic E-state index is 12.4. The van der Waals surface area contributed by atoms with Crippen LogP contribution in [0.2, 0.25) is 0 Å². The average Bonchev–Trinajstić information content (AvgIpc) is 3.05. The van der Waals surface area contributed by atoms with Crippen LogP contribution in [0.1, 0.15) is 40.6 Å². The van der Waals surface area contributed by atoms with E-state index in [0.29, 0.717) is 13.1 Å².